The number of allylic oxidation sites excluding steroid dienone is 1. The van der Waals surface area contributed by atoms with Crippen molar-refractivity contribution in [3.05, 3.63) is 89.4 Å². The Morgan fingerprint density at radius 3 is 2.36 bits per heavy atom. The van der Waals surface area contributed by atoms with Gasteiger partial charge in [0, 0.05) is 5.92 Å². The minimum atomic E-state index is -0.230. The summed E-state index contributed by atoms with van der Waals surface area (Å²) in [5, 5.41) is 6.50. The molecule has 2 aromatic carbocycles. The highest BCUT2D eigenvalue weighted by Crippen LogP contribution is 2.45. The number of hydrogen-bond donors (Lipinski definition) is 0. The summed E-state index contributed by atoms with van der Waals surface area (Å²) in [6.45, 7) is 0. The number of hydrazone groups is 1. The summed E-state index contributed by atoms with van der Waals surface area (Å²) in [4.78, 5) is 13.4. The van der Waals surface area contributed by atoms with Gasteiger partial charge in [-0.1, -0.05) is 24.3 Å². The van der Waals surface area contributed by atoms with Crippen molar-refractivity contribution in [2.24, 2.45) is 11.0 Å². The molecule has 0 saturated heterocycles. The molecular weight excluding hydrogens is 416 g/mol. The van der Waals surface area contributed by atoms with E-state index in [1.54, 1.807) is 31.4 Å². The van der Waals surface area contributed by atoms with E-state index in [2.05, 4.69) is 6.08 Å². The Morgan fingerprint density at radius 1 is 1.03 bits per heavy atom. The lowest BCUT2D eigenvalue weighted by molar-refractivity contribution is 0.0648. The predicted octanol–water partition coefficient (Wildman–Crippen LogP) is 5.73. The van der Waals surface area contributed by atoms with Gasteiger partial charge < -0.3 is 13.9 Å². The van der Waals surface area contributed by atoms with E-state index in [0.717, 1.165) is 47.6 Å². The Bertz CT molecular complexity index is 1180. The van der Waals surface area contributed by atoms with E-state index in [1.807, 2.05) is 48.5 Å². The summed E-state index contributed by atoms with van der Waals surface area (Å²) in [6, 6.07) is 19.1. The van der Waals surface area contributed by atoms with Crippen LogP contribution in [0.5, 0.6) is 11.5 Å². The number of carbonyl (C=O) groups is 1. The molecule has 3 aromatic rings. The normalized spacial score (nSPS) is 21.0. The average molecular weight is 443 g/mol. The number of methoxy groups -OCH3 is 2. The van der Waals surface area contributed by atoms with Crippen molar-refractivity contribution >= 4 is 17.7 Å². The van der Waals surface area contributed by atoms with Crippen LogP contribution in [0.2, 0.25) is 0 Å². The number of fused-ring (bicyclic) bond motifs is 1. The number of rotatable bonds is 5. The molecule has 5 rings (SSSR count). The van der Waals surface area contributed by atoms with Crippen LogP contribution in [0.4, 0.5) is 0 Å². The number of ether oxygens (including phenoxy) is 2. The number of benzene rings is 2. The zero-order valence-corrected chi connectivity index (χ0v) is 18.7. The topological polar surface area (TPSA) is 64.3 Å². The molecule has 1 saturated carbocycles. The van der Waals surface area contributed by atoms with Gasteiger partial charge in [0.25, 0.3) is 0 Å². The zero-order valence-electron chi connectivity index (χ0n) is 18.7. The van der Waals surface area contributed by atoms with E-state index < -0.39 is 0 Å². The standard InChI is InChI=1S/C27H26N2O4/c1-31-21-12-8-18(9-13-21)17-20-5-3-6-23-25(20)28-29(27(30)24-7-4-16-33-24)26(23)19-10-14-22(32-2)15-11-19/h4,7-17,23,26H,3,5-6H2,1-2H3/b20-17-/t23-,26+/m1/s1. The zero-order chi connectivity index (χ0) is 22.8. The lowest BCUT2D eigenvalue weighted by Crippen LogP contribution is -2.31. The van der Waals surface area contributed by atoms with E-state index in [1.165, 1.54) is 11.8 Å². The second kappa shape index (κ2) is 8.98. The molecule has 1 aliphatic carbocycles. The van der Waals surface area contributed by atoms with Crippen molar-refractivity contribution in [2.45, 2.75) is 25.3 Å². The molecular formula is C27H26N2O4. The Labute approximate surface area is 193 Å². The molecule has 33 heavy (non-hydrogen) atoms. The van der Waals surface area contributed by atoms with Gasteiger partial charge >= 0.3 is 5.91 Å². The summed E-state index contributed by atoms with van der Waals surface area (Å²) in [7, 11) is 3.31. The van der Waals surface area contributed by atoms with Crippen molar-refractivity contribution in [1.29, 1.82) is 0 Å². The maximum atomic E-state index is 13.4. The van der Waals surface area contributed by atoms with Gasteiger partial charge in [-0.3, -0.25) is 4.79 Å². The van der Waals surface area contributed by atoms with Crippen LogP contribution in [0, 0.1) is 5.92 Å². The Kier molecular flexibility index (Phi) is 5.73. The molecule has 0 spiro atoms. The van der Waals surface area contributed by atoms with E-state index >= 15 is 0 Å². The first-order valence-electron chi connectivity index (χ1n) is 11.1. The second-order valence-electron chi connectivity index (χ2n) is 8.27. The fraction of sp³-hybridized carbons (Fsp3) is 0.259. The fourth-order valence-corrected chi connectivity index (χ4v) is 4.72. The number of hydrogen-bond acceptors (Lipinski definition) is 5. The van der Waals surface area contributed by atoms with Gasteiger partial charge in [-0.25, -0.2) is 5.01 Å². The third-order valence-corrected chi connectivity index (χ3v) is 6.36. The highest BCUT2D eigenvalue weighted by atomic mass is 16.5. The molecule has 2 atom stereocenters. The van der Waals surface area contributed by atoms with Gasteiger partial charge in [0.2, 0.25) is 0 Å². The lowest BCUT2D eigenvalue weighted by atomic mass is 9.77. The summed E-state index contributed by atoms with van der Waals surface area (Å²) >= 11 is 0. The molecule has 1 fully saturated rings. The first kappa shape index (κ1) is 21.1. The molecule has 6 nitrogen and oxygen atoms in total. The highest BCUT2D eigenvalue weighted by molar-refractivity contribution is 6.09. The first-order valence-corrected chi connectivity index (χ1v) is 11.1. The van der Waals surface area contributed by atoms with Crippen LogP contribution in [0.1, 0.15) is 47.0 Å². The monoisotopic (exact) mass is 442 g/mol. The molecule has 0 unspecified atom stereocenters. The van der Waals surface area contributed by atoms with Gasteiger partial charge in [0.1, 0.15) is 11.5 Å². The Morgan fingerprint density at radius 2 is 1.73 bits per heavy atom. The molecule has 2 heterocycles. The van der Waals surface area contributed by atoms with Crippen molar-refractivity contribution in [1.82, 2.24) is 5.01 Å². The molecule has 0 bridgehead atoms. The van der Waals surface area contributed by atoms with Crippen molar-refractivity contribution in [3.63, 3.8) is 0 Å². The number of amides is 1. The van der Waals surface area contributed by atoms with Crippen LogP contribution in [0.25, 0.3) is 6.08 Å². The molecule has 1 amide bonds. The van der Waals surface area contributed by atoms with Gasteiger partial charge in [0.15, 0.2) is 5.76 Å². The minimum Gasteiger partial charge on any atom is -0.497 e. The molecule has 0 N–H and O–H groups in total. The third-order valence-electron chi connectivity index (χ3n) is 6.36. The van der Waals surface area contributed by atoms with Crippen LogP contribution >= 0.6 is 0 Å². The maximum absolute atomic E-state index is 13.4. The fourth-order valence-electron chi connectivity index (χ4n) is 4.72. The van der Waals surface area contributed by atoms with Crippen LogP contribution in [-0.2, 0) is 0 Å². The summed E-state index contributed by atoms with van der Waals surface area (Å²) < 4.78 is 16.0. The van der Waals surface area contributed by atoms with Crippen LogP contribution in [0.15, 0.2) is 82.0 Å². The van der Waals surface area contributed by atoms with Crippen LogP contribution in [-0.4, -0.2) is 30.8 Å². The number of nitrogens with zero attached hydrogens (tertiary/aromatic N) is 2. The lowest BCUT2D eigenvalue weighted by Gasteiger charge is -2.29. The second-order valence-corrected chi connectivity index (χ2v) is 8.27. The first-order chi connectivity index (χ1) is 16.2. The van der Waals surface area contributed by atoms with E-state index in [-0.39, 0.29) is 23.6 Å². The largest absolute Gasteiger partial charge is 0.497 e. The van der Waals surface area contributed by atoms with E-state index in [4.69, 9.17) is 19.0 Å². The molecule has 0 radical (unpaired) electrons. The maximum Gasteiger partial charge on any atom is 0.310 e. The summed E-state index contributed by atoms with van der Waals surface area (Å²) in [5.74, 6) is 1.79. The summed E-state index contributed by atoms with van der Waals surface area (Å²) in [6.07, 6.45) is 6.63. The Balaban J connectivity index is 1.54. The van der Waals surface area contributed by atoms with Crippen molar-refractivity contribution < 1.29 is 18.7 Å². The molecule has 1 aliphatic heterocycles. The number of carbonyl (C=O) groups excluding carboxylic acids is 1. The van der Waals surface area contributed by atoms with Gasteiger partial charge in [-0.05, 0) is 78.4 Å². The van der Waals surface area contributed by atoms with Gasteiger partial charge in [-0.2, -0.15) is 5.10 Å². The van der Waals surface area contributed by atoms with E-state index in [9.17, 15) is 4.79 Å². The minimum absolute atomic E-state index is 0.121. The quantitative estimate of drug-likeness (QED) is 0.506. The van der Waals surface area contributed by atoms with Crippen molar-refractivity contribution in [3.8, 4) is 11.5 Å². The average Bonchev–Trinajstić information content (AvgIpc) is 3.53. The van der Waals surface area contributed by atoms with Gasteiger partial charge in [-0.15, -0.1) is 0 Å². The molecule has 1 aromatic heterocycles. The molecule has 168 valence electrons. The third kappa shape index (κ3) is 4.04. The van der Waals surface area contributed by atoms with Gasteiger partial charge in [0.05, 0.1) is 32.2 Å². The smallest absolute Gasteiger partial charge is 0.310 e. The van der Waals surface area contributed by atoms with Crippen LogP contribution < -0.4 is 9.47 Å². The number of furan rings is 1. The van der Waals surface area contributed by atoms with Crippen LogP contribution in [0.3, 0.4) is 0 Å². The Hall–Kier alpha value is -3.80. The SMILES string of the molecule is COc1ccc(/C=C2/CCC[C@@H]3C2=NN(C(=O)c2ccco2)[C@H]3c2ccc(OC)cc2)cc1. The highest BCUT2D eigenvalue weighted by Gasteiger charge is 2.44. The van der Waals surface area contributed by atoms with E-state index in [0.29, 0.717) is 0 Å². The summed E-state index contributed by atoms with van der Waals surface area (Å²) in [5.41, 5.74) is 4.28. The van der Waals surface area contributed by atoms with Crippen molar-refractivity contribution in [2.75, 3.05) is 14.2 Å². The molecule has 6 heteroatoms. The predicted molar refractivity (Wildman–Crippen MR) is 126 cm³/mol. The molecule has 2 aliphatic rings.